The van der Waals surface area contributed by atoms with Crippen LogP contribution in [0.2, 0.25) is 5.02 Å². The van der Waals surface area contributed by atoms with Gasteiger partial charge in [-0.05, 0) is 12.1 Å². The summed E-state index contributed by atoms with van der Waals surface area (Å²) in [5.41, 5.74) is 7.91. The van der Waals surface area contributed by atoms with Crippen LogP contribution in [-0.4, -0.2) is 21.3 Å². The number of hydrogen-bond donors (Lipinski definition) is 2. The molecule has 6 heteroatoms. The third-order valence-electron chi connectivity index (χ3n) is 2.99. The molecular formula is C15H17ClN2O3. The minimum absolute atomic E-state index is 0.481. The van der Waals surface area contributed by atoms with Gasteiger partial charge >= 0.3 is 0 Å². The first kappa shape index (κ1) is 15.1. The largest absolute Gasteiger partial charge is 0.495 e. The van der Waals surface area contributed by atoms with E-state index in [1.807, 2.05) is 6.07 Å². The molecule has 0 fully saturated rings. The fourth-order valence-corrected chi connectivity index (χ4v) is 2.13. The lowest BCUT2D eigenvalue weighted by molar-refractivity contribution is 0.405. The van der Waals surface area contributed by atoms with Crippen molar-refractivity contribution in [2.45, 2.75) is 0 Å². The molecule has 0 spiro atoms. The zero-order valence-corrected chi connectivity index (χ0v) is 12.8. The minimum atomic E-state index is 0.481. The molecule has 0 aliphatic carbocycles. The number of methoxy groups -OCH3 is 3. The molecule has 0 heterocycles. The molecule has 2 aromatic rings. The normalized spacial score (nSPS) is 10.1. The number of hydrogen-bond acceptors (Lipinski definition) is 5. The number of ether oxygens (including phenoxy) is 3. The molecule has 0 aromatic heterocycles. The maximum Gasteiger partial charge on any atom is 0.144 e. The van der Waals surface area contributed by atoms with Crippen molar-refractivity contribution in [2.75, 3.05) is 32.4 Å². The zero-order valence-electron chi connectivity index (χ0n) is 12.1. The van der Waals surface area contributed by atoms with Crippen LogP contribution in [0.25, 0.3) is 0 Å². The third kappa shape index (κ3) is 3.25. The number of halogens is 1. The van der Waals surface area contributed by atoms with E-state index in [9.17, 15) is 0 Å². The van der Waals surface area contributed by atoms with Gasteiger partial charge in [-0.3, -0.25) is 0 Å². The van der Waals surface area contributed by atoms with Crippen LogP contribution in [0, 0.1) is 0 Å². The van der Waals surface area contributed by atoms with Crippen molar-refractivity contribution in [3.8, 4) is 17.2 Å². The van der Waals surface area contributed by atoms with Gasteiger partial charge in [0.25, 0.3) is 0 Å². The van der Waals surface area contributed by atoms with E-state index in [2.05, 4.69) is 5.32 Å². The van der Waals surface area contributed by atoms with Crippen LogP contribution >= 0.6 is 11.6 Å². The second-order valence-corrected chi connectivity index (χ2v) is 4.68. The predicted molar refractivity (Wildman–Crippen MR) is 85.2 cm³/mol. The van der Waals surface area contributed by atoms with E-state index < -0.39 is 0 Å². The van der Waals surface area contributed by atoms with Crippen LogP contribution in [0.5, 0.6) is 17.2 Å². The summed E-state index contributed by atoms with van der Waals surface area (Å²) in [6.07, 6.45) is 0. The summed E-state index contributed by atoms with van der Waals surface area (Å²) >= 11 is 6.08. The zero-order chi connectivity index (χ0) is 15.4. The molecule has 5 nitrogen and oxygen atoms in total. The molecule has 0 radical (unpaired) electrons. The quantitative estimate of drug-likeness (QED) is 0.825. The first-order valence-corrected chi connectivity index (χ1v) is 6.59. The number of nitrogen functional groups attached to an aromatic ring is 1. The number of nitrogens with one attached hydrogen (secondary N) is 1. The van der Waals surface area contributed by atoms with E-state index in [0.717, 1.165) is 11.4 Å². The molecule has 112 valence electrons. The molecule has 0 aliphatic rings. The summed E-state index contributed by atoms with van der Waals surface area (Å²) in [5, 5.41) is 3.71. The fourth-order valence-electron chi connectivity index (χ4n) is 1.90. The predicted octanol–water partition coefficient (Wildman–Crippen LogP) is 3.69. The second-order valence-electron chi connectivity index (χ2n) is 4.27. The van der Waals surface area contributed by atoms with E-state index >= 15 is 0 Å². The summed E-state index contributed by atoms with van der Waals surface area (Å²) in [5.74, 6) is 1.76. The Hall–Kier alpha value is -2.27. The van der Waals surface area contributed by atoms with Gasteiger partial charge in [0.05, 0.1) is 37.7 Å². The summed E-state index contributed by atoms with van der Waals surface area (Å²) in [6.45, 7) is 0. The van der Waals surface area contributed by atoms with Crippen LogP contribution < -0.4 is 25.3 Å². The monoisotopic (exact) mass is 308 g/mol. The Bertz CT molecular complexity index is 647. The molecule has 0 amide bonds. The summed E-state index contributed by atoms with van der Waals surface area (Å²) in [6, 6.07) is 8.87. The maximum atomic E-state index is 6.08. The SMILES string of the molecule is COc1cc(Nc2cc(OC)c(Cl)cc2OC)ccc1N. The van der Waals surface area contributed by atoms with Crippen LogP contribution in [0.4, 0.5) is 17.1 Å². The Kier molecular flexibility index (Phi) is 4.65. The number of benzene rings is 2. The van der Waals surface area contributed by atoms with Gasteiger partial charge in [-0.1, -0.05) is 11.6 Å². The van der Waals surface area contributed by atoms with Crippen molar-refractivity contribution in [2.24, 2.45) is 0 Å². The highest BCUT2D eigenvalue weighted by Gasteiger charge is 2.11. The highest BCUT2D eigenvalue weighted by atomic mass is 35.5. The standard InChI is InChI=1S/C15H17ClN2O3/c1-19-13-8-12(15(21-3)7-10(13)16)18-9-4-5-11(17)14(6-9)20-2/h4-8,18H,17H2,1-3H3. The van der Waals surface area contributed by atoms with Gasteiger partial charge in [-0.2, -0.15) is 0 Å². The lowest BCUT2D eigenvalue weighted by Gasteiger charge is -2.15. The Labute approximate surface area is 128 Å². The van der Waals surface area contributed by atoms with Crippen LogP contribution in [-0.2, 0) is 0 Å². The van der Waals surface area contributed by atoms with Crippen molar-refractivity contribution in [3.63, 3.8) is 0 Å². The van der Waals surface area contributed by atoms with Crippen LogP contribution in [0.15, 0.2) is 30.3 Å². The number of nitrogens with two attached hydrogens (primary N) is 1. The average molecular weight is 309 g/mol. The molecule has 0 unspecified atom stereocenters. The maximum absolute atomic E-state index is 6.08. The smallest absolute Gasteiger partial charge is 0.144 e. The van der Waals surface area contributed by atoms with Gasteiger partial charge in [-0.15, -0.1) is 0 Å². The van der Waals surface area contributed by atoms with E-state index in [4.69, 9.17) is 31.5 Å². The summed E-state index contributed by atoms with van der Waals surface area (Å²) < 4.78 is 15.7. The van der Waals surface area contributed by atoms with Crippen molar-refractivity contribution >= 4 is 28.7 Å². The van der Waals surface area contributed by atoms with E-state index in [1.165, 1.54) is 0 Å². The van der Waals surface area contributed by atoms with E-state index in [-0.39, 0.29) is 0 Å². The summed E-state index contributed by atoms with van der Waals surface area (Å²) in [7, 11) is 4.71. The first-order chi connectivity index (χ1) is 10.1. The van der Waals surface area contributed by atoms with Gasteiger partial charge in [0.2, 0.25) is 0 Å². The van der Waals surface area contributed by atoms with Gasteiger partial charge in [0, 0.05) is 23.9 Å². The third-order valence-corrected chi connectivity index (χ3v) is 3.28. The molecule has 0 aliphatic heterocycles. The first-order valence-electron chi connectivity index (χ1n) is 6.21. The number of rotatable bonds is 5. The van der Waals surface area contributed by atoms with Crippen molar-refractivity contribution in [1.82, 2.24) is 0 Å². The molecule has 2 aromatic carbocycles. The van der Waals surface area contributed by atoms with Crippen LogP contribution in [0.3, 0.4) is 0 Å². The Balaban J connectivity index is 2.38. The summed E-state index contributed by atoms with van der Waals surface area (Å²) in [4.78, 5) is 0. The van der Waals surface area contributed by atoms with E-state index in [0.29, 0.717) is 28.0 Å². The van der Waals surface area contributed by atoms with E-state index in [1.54, 1.807) is 45.6 Å². The molecule has 0 atom stereocenters. The van der Waals surface area contributed by atoms with Crippen molar-refractivity contribution < 1.29 is 14.2 Å². The topological polar surface area (TPSA) is 65.7 Å². The molecule has 0 saturated heterocycles. The molecule has 0 saturated carbocycles. The Morgan fingerprint density at radius 2 is 1.57 bits per heavy atom. The lowest BCUT2D eigenvalue weighted by atomic mass is 10.2. The molecule has 3 N–H and O–H groups in total. The lowest BCUT2D eigenvalue weighted by Crippen LogP contribution is -1.98. The fraction of sp³-hybridized carbons (Fsp3) is 0.200. The average Bonchev–Trinajstić information content (AvgIpc) is 2.50. The highest BCUT2D eigenvalue weighted by molar-refractivity contribution is 6.32. The second kappa shape index (κ2) is 6.45. The Morgan fingerprint density at radius 3 is 2.19 bits per heavy atom. The van der Waals surface area contributed by atoms with Gasteiger partial charge < -0.3 is 25.3 Å². The molecule has 21 heavy (non-hydrogen) atoms. The molecular weight excluding hydrogens is 292 g/mol. The molecule has 2 rings (SSSR count). The minimum Gasteiger partial charge on any atom is -0.495 e. The van der Waals surface area contributed by atoms with Gasteiger partial charge in [-0.25, -0.2) is 0 Å². The van der Waals surface area contributed by atoms with Crippen LogP contribution in [0.1, 0.15) is 0 Å². The van der Waals surface area contributed by atoms with Crippen molar-refractivity contribution in [3.05, 3.63) is 35.4 Å². The molecule has 0 bridgehead atoms. The Morgan fingerprint density at radius 1 is 0.905 bits per heavy atom. The highest BCUT2D eigenvalue weighted by Crippen LogP contribution is 2.38. The van der Waals surface area contributed by atoms with Gasteiger partial charge in [0.15, 0.2) is 0 Å². The van der Waals surface area contributed by atoms with Crippen molar-refractivity contribution in [1.29, 1.82) is 0 Å². The number of anilines is 3. The van der Waals surface area contributed by atoms with Gasteiger partial charge in [0.1, 0.15) is 17.2 Å².